The van der Waals surface area contributed by atoms with E-state index in [-0.39, 0.29) is 0 Å². The molecule has 1 aliphatic rings. The number of benzene rings is 1. The summed E-state index contributed by atoms with van der Waals surface area (Å²) in [4.78, 5) is 0. The molecule has 0 aromatic heterocycles. The predicted octanol–water partition coefficient (Wildman–Crippen LogP) is 3.90. The van der Waals surface area contributed by atoms with Gasteiger partial charge in [-0.15, -0.1) is 23.5 Å². The summed E-state index contributed by atoms with van der Waals surface area (Å²) in [6.07, 6.45) is 0. The van der Waals surface area contributed by atoms with Crippen molar-refractivity contribution in [2.24, 2.45) is 0 Å². The SMILES string of the molecule is c1ccc(C2SCCSCCS2)cc1. The summed E-state index contributed by atoms with van der Waals surface area (Å²) in [5.41, 5.74) is 1.48. The van der Waals surface area contributed by atoms with Gasteiger partial charge in [0.1, 0.15) is 0 Å². The van der Waals surface area contributed by atoms with Crippen molar-refractivity contribution in [1.29, 1.82) is 0 Å². The van der Waals surface area contributed by atoms with Crippen LogP contribution in [0, 0.1) is 0 Å². The Hall–Kier alpha value is 0.270. The maximum atomic E-state index is 2.25. The Morgan fingerprint density at radius 2 is 1.50 bits per heavy atom. The lowest BCUT2D eigenvalue weighted by Crippen LogP contribution is -2.00. The molecule has 0 atom stereocenters. The van der Waals surface area contributed by atoms with Crippen LogP contribution in [0.25, 0.3) is 0 Å². The molecule has 1 heterocycles. The van der Waals surface area contributed by atoms with Gasteiger partial charge in [0.15, 0.2) is 0 Å². The first-order valence-corrected chi connectivity index (χ1v) is 8.08. The lowest BCUT2D eigenvalue weighted by Gasteiger charge is -2.18. The molecule has 1 aliphatic heterocycles. The second kappa shape index (κ2) is 5.99. The smallest absolute Gasteiger partial charge is 0.0751 e. The third kappa shape index (κ3) is 3.14. The summed E-state index contributed by atoms with van der Waals surface area (Å²) in [6.45, 7) is 0. The second-order valence-corrected chi connectivity index (χ2v) is 7.05. The zero-order valence-corrected chi connectivity index (χ0v) is 10.5. The van der Waals surface area contributed by atoms with Crippen LogP contribution in [0.4, 0.5) is 0 Å². The van der Waals surface area contributed by atoms with Gasteiger partial charge in [-0.3, -0.25) is 0 Å². The van der Waals surface area contributed by atoms with Crippen LogP contribution in [0.15, 0.2) is 30.3 Å². The summed E-state index contributed by atoms with van der Waals surface area (Å²) < 4.78 is 0.664. The third-order valence-electron chi connectivity index (χ3n) is 2.07. The summed E-state index contributed by atoms with van der Waals surface area (Å²) in [5, 5.41) is 0. The van der Waals surface area contributed by atoms with Gasteiger partial charge in [-0.25, -0.2) is 0 Å². The molecule has 1 aromatic rings. The van der Waals surface area contributed by atoms with Crippen LogP contribution in [0.3, 0.4) is 0 Å². The van der Waals surface area contributed by atoms with Crippen LogP contribution in [0.2, 0.25) is 0 Å². The average Bonchev–Trinajstić information content (AvgIpc) is 2.18. The fourth-order valence-corrected chi connectivity index (χ4v) is 5.39. The minimum Gasteiger partial charge on any atom is -0.160 e. The largest absolute Gasteiger partial charge is 0.160 e. The number of rotatable bonds is 1. The van der Waals surface area contributed by atoms with Crippen molar-refractivity contribution in [2.75, 3.05) is 23.0 Å². The van der Waals surface area contributed by atoms with Gasteiger partial charge in [-0.2, -0.15) is 11.8 Å². The number of hydrogen-bond acceptors (Lipinski definition) is 3. The van der Waals surface area contributed by atoms with E-state index in [0.717, 1.165) is 0 Å². The van der Waals surface area contributed by atoms with Gasteiger partial charge in [0, 0.05) is 23.0 Å². The Balaban J connectivity index is 2.01. The van der Waals surface area contributed by atoms with Crippen LogP contribution in [-0.2, 0) is 0 Å². The minimum absolute atomic E-state index is 0.664. The van der Waals surface area contributed by atoms with Crippen LogP contribution in [0.5, 0.6) is 0 Å². The van der Waals surface area contributed by atoms with Gasteiger partial charge in [-0.1, -0.05) is 30.3 Å². The highest BCUT2D eigenvalue weighted by Gasteiger charge is 2.13. The van der Waals surface area contributed by atoms with E-state index in [1.165, 1.54) is 28.6 Å². The molecule has 0 saturated carbocycles. The molecular formula is C11H14S3. The van der Waals surface area contributed by atoms with E-state index >= 15 is 0 Å². The summed E-state index contributed by atoms with van der Waals surface area (Å²) in [7, 11) is 0. The van der Waals surface area contributed by atoms with Crippen molar-refractivity contribution in [2.45, 2.75) is 4.58 Å². The van der Waals surface area contributed by atoms with Crippen molar-refractivity contribution >= 4 is 35.3 Å². The average molecular weight is 242 g/mol. The van der Waals surface area contributed by atoms with E-state index in [0.29, 0.717) is 4.58 Å². The normalized spacial score (nSPS) is 20.0. The maximum absolute atomic E-state index is 2.25. The molecule has 0 spiro atoms. The molecule has 1 aromatic carbocycles. The first-order valence-electron chi connectivity index (χ1n) is 4.83. The van der Waals surface area contributed by atoms with Gasteiger partial charge < -0.3 is 0 Å². The molecule has 1 saturated heterocycles. The van der Waals surface area contributed by atoms with E-state index in [2.05, 4.69) is 65.6 Å². The van der Waals surface area contributed by atoms with E-state index < -0.39 is 0 Å². The molecule has 76 valence electrons. The fourth-order valence-electron chi connectivity index (χ4n) is 1.38. The molecule has 0 radical (unpaired) electrons. The molecule has 0 nitrogen and oxygen atoms in total. The molecule has 0 amide bonds. The van der Waals surface area contributed by atoms with E-state index in [9.17, 15) is 0 Å². The Bertz CT molecular complexity index is 252. The lowest BCUT2D eigenvalue weighted by molar-refractivity contribution is 1.34. The summed E-state index contributed by atoms with van der Waals surface area (Å²) in [5.74, 6) is 5.21. The van der Waals surface area contributed by atoms with Crippen molar-refractivity contribution in [1.82, 2.24) is 0 Å². The predicted molar refractivity (Wildman–Crippen MR) is 71.4 cm³/mol. The molecular weight excluding hydrogens is 228 g/mol. The monoisotopic (exact) mass is 242 g/mol. The zero-order valence-electron chi connectivity index (χ0n) is 8.02. The Kier molecular flexibility index (Phi) is 4.61. The summed E-state index contributed by atoms with van der Waals surface area (Å²) >= 11 is 6.27. The Labute approximate surface area is 98.6 Å². The van der Waals surface area contributed by atoms with Gasteiger partial charge in [-0.05, 0) is 5.56 Å². The van der Waals surface area contributed by atoms with E-state index in [1.807, 2.05) is 0 Å². The van der Waals surface area contributed by atoms with Gasteiger partial charge in [0.05, 0.1) is 4.58 Å². The fraction of sp³-hybridized carbons (Fsp3) is 0.455. The molecule has 0 aliphatic carbocycles. The van der Waals surface area contributed by atoms with Crippen molar-refractivity contribution in [3.63, 3.8) is 0 Å². The van der Waals surface area contributed by atoms with Crippen LogP contribution >= 0.6 is 35.3 Å². The first-order chi connectivity index (χ1) is 6.97. The van der Waals surface area contributed by atoms with Crippen LogP contribution in [0.1, 0.15) is 10.1 Å². The van der Waals surface area contributed by atoms with Gasteiger partial charge >= 0.3 is 0 Å². The number of thioether (sulfide) groups is 3. The highest BCUT2D eigenvalue weighted by Crippen LogP contribution is 2.41. The highest BCUT2D eigenvalue weighted by molar-refractivity contribution is 8.17. The van der Waals surface area contributed by atoms with E-state index in [4.69, 9.17) is 0 Å². The van der Waals surface area contributed by atoms with Crippen LogP contribution < -0.4 is 0 Å². The van der Waals surface area contributed by atoms with Crippen molar-refractivity contribution < 1.29 is 0 Å². The topological polar surface area (TPSA) is 0 Å². The minimum atomic E-state index is 0.664. The lowest BCUT2D eigenvalue weighted by atomic mass is 10.2. The van der Waals surface area contributed by atoms with E-state index in [1.54, 1.807) is 0 Å². The Morgan fingerprint density at radius 1 is 0.857 bits per heavy atom. The molecule has 0 bridgehead atoms. The number of hydrogen-bond donors (Lipinski definition) is 0. The highest BCUT2D eigenvalue weighted by atomic mass is 32.2. The molecule has 3 heteroatoms. The quantitative estimate of drug-likeness (QED) is 0.733. The summed E-state index contributed by atoms with van der Waals surface area (Å²) in [6, 6.07) is 10.9. The second-order valence-electron chi connectivity index (χ2n) is 3.10. The Morgan fingerprint density at radius 3 is 2.14 bits per heavy atom. The third-order valence-corrected chi connectivity index (χ3v) is 6.41. The van der Waals surface area contributed by atoms with Crippen LogP contribution in [-0.4, -0.2) is 23.0 Å². The zero-order chi connectivity index (χ0) is 9.64. The van der Waals surface area contributed by atoms with Gasteiger partial charge in [0.25, 0.3) is 0 Å². The molecule has 14 heavy (non-hydrogen) atoms. The maximum Gasteiger partial charge on any atom is 0.0751 e. The molecule has 1 fully saturated rings. The standard InChI is InChI=1S/C11H14S3/c1-2-4-10(5-3-1)11-13-8-6-12-7-9-14-11/h1-5,11H,6-9H2. The molecule has 2 rings (SSSR count). The van der Waals surface area contributed by atoms with Gasteiger partial charge in [0.2, 0.25) is 0 Å². The molecule has 0 unspecified atom stereocenters. The van der Waals surface area contributed by atoms with Crippen molar-refractivity contribution in [3.8, 4) is 0 Å². The van der Waals surface area contributed by atoms with Crippen molar-refractivity contribution in [3.05, 3.63) is 35.9 Å². The molecule has 0 N–H and O–H groups in total. The first kappa shape index (κ1) is 10.8.